The molecule has 1 amide bonds. The van der Waals surface area contributed by atoms with Crippen LogP contribution in [0.2, 0.25) is 0 Å². The molecule has 8 nitrogen and oxygen atoms in total. The fraction of sp³-hybridized carbons (Fsp3) is 0.167. The van der Waals surface area contributed by atoms with E-state index in [-0.39, 0.29) is 6.61 Å². The third kappa shape index (κ3) is 6.16. The van der Waals surface area contributed by atoms with Gasteiger partial charge in [0.15, 0.2) is 13.2 Å². The second kappa shape index (κ2) is 9.67. The van der Waals surface area contributed by atoms with Gasteiger partial charge in [-0.05, 0) is 36.4 Å². The van der Waals surface area contributed by atoms with Crippen LogP contribution in [-0.4, -0.2) is 43.5 Å². The Bertz CT molecular complexity index is 774. The van der Waals surface area contributed by atoms with E-state index in [1.807, 2.05) is 0 Å². The average Bonchev–Trinajstić information content (AvgIpc) is 2.66. The molecule has 0 unspecified atom stereocenters. The van der Waals surface area contributed by atoms with Crippen LogP contribution in [0, 0.1) is 0 Å². The predicted molar refractivity (Wildman–Crippen MR) is 93.8 cm³/mol. The fourth-order valence-electron chi connectivity index (χ4n) is 1.89. The van der Waals surface area contributed by atoms with Crippen LogP contribution in [0.4, 0.5) is 0 Å². The molecule has 136 valence electrons. The summed E-state index contributed by atoms with van der Waals surface area (Å²) >= 11 is 0. The largest absolute Gasteiger partial charge is 0.497 e. The zero-order valence-electron chi connectivity index (χ0n) is 14.0. The highest BCUT2D eigenvalue weighted by Gasteiger charge is 2.05. The van der Waals surface area contributed by atoms with Crippen molar-refractivity contribution in [3.63, 3.8) is 0 Å². The van der Waals surface area contributed by atoms with Crippen molar-refractivity contribution < 1.29 is 28.9 Å². The summed E-state index contributed by atoms with van der Waals surface area (Å²) < 4.78 is 15.5. The summed E-state index contributed by atoms with van der Waals surface area (Å²) in [6.07, 6.45) is 1.36. The molecule has 2 rings (SSSR count). The number of carboxylic acids is 1. The fourth-order valence-corrected chi connectivity index (χ4v) is 1.89. The van der Waals surface area contributed by atoms with E-state index >= 15 is 0 Å². The number of nitrogens with one attached hydrogen (secondary N) is 1. The number of carboxylic acid groups (broad SMARTS) is 1. The van der Waals surface area contributed by atoms with E-state index in [2.05, 4.69) is 10.5 Å². The summed E-state index contributed by atoms with van der Waals surface area (Å²) in [5.41, 5.74) is 2.86. The van der Waals surface area contributed by atoms with Crippen molar-refractivity contribution in [2.75, 3.05) is 20.3 Å². The number of rotatable bonds is 9. The van der Waals surface area contributed by atoms with Crippen LogP contribution in [0.15, 0.2) is 53.6 Å². The Kier molecular flexibility index (Phi) is 6.99. The molecule has 26 heavy (non-hydrogen) atoms. The summed E-state index contributed by atoms with van der Waals surface area (Å²) in [6.45, 7) is -0.673. The van der Waals surface area contributed by atoms with Gasteiger partial charge in [-0.15, -0.1) is 0 Å². The minimum Gasteiger partial charge on any atom is -0.497 e. The van der Waals surface area contributed by atoms with Gasteiger partial charge in [-0.25, -0.2) is 10.2 Å². The van der Waals surface area contributed by atoms with Gasteiger partial charge in [0.05, 0.1) is 13.3 Å². The molecule has 0 saturated heterocycles. The van der Waals surface area contributed by atoms with Crippen molar-refractivity contribution >= 4 is 18.1 Å². The zero-order chi connectivity index (χ0) is 18.8. The number of carbonyl (C=O) groups is 2. The molecule has 0 aliphatic carbocycles. The smallest absolute Gasteiger partial charge is 0.341 e. The lowest BCUT2D eigenvalue weighted by molar-refractivity contribution is -0.139. The molecular formula is C18H18N2O6. The van der Waals surface area contributed by atoms with Crippen molar-refractivity contribution in [3.8, 4) is 17.2 Å². The number of carbonyl (C=O) groups excluding carboxylic acids is 1. The maximum Gasteiger partial charge on any atom is 0.341 e. The SMILES string of the molecule is COc1ccc(OCC(=O)N/N=C\c2ccccc2OCC(=O)O)cc1. The maximum atomic E-state index is 11.7. The molecule has 0 heterocycles. The van der Waals surface area contributed by atoms with Crippen molar-refractivity contribution in [2.45, 2.75) is 0 Å². The van der Waals surface area contributed by atoms with Crippen molar-refractivity contribution in [1.29, 1.82) is 0 Å². The minimum absolute atomic E-state index is 0.208. The first-order chi connectivity index (χ1) is 12.6. The number of amides is 1. The number of benzene rings is 2. The Labute approximate surface area is 150 Å². The van der Waals surface area contributed by atoms with E-state index in [1.54, 1.807) is 55.6 Å². The van der Waals surface area contributed by atoms with Crippen LogP contribution >= 0.6 is 0 Å². The molecule has 0 aliphatic heterocycles. The summed E-state index contributed by atoms with van der Waals surface area (Å²) in [5, 5.41) is 12.5. The molecule has 0 saturated carbocycles. The molecule has 0 atom stereocenters. The third-order valence-corrected chi connectivity index (χ3v) is 3.09. The number of ether oxygens (including phenoxy) is 3. The van der Waals surface area contributed by atoms with Gasteiger partial charge in [0, 0.05) is 5.56 Å². The van der Waals surface area contributed by atoms with E-state index < -0.39 is 18.5 Å². The van der Waals surface area contributed by atoms with E-state index in [0.29, 0.717) is 22.8 Å². The Morgan fingerprint density at radius 3 is 2.42 bits per heavy atom. The second-order valence-corrected chi connectivity index (χ2v) is 4.98. The van der Waals surface area contributed by atoms with Crippen molar-refractivity contribution in [1.82, 2.24) is 5.43 Å². The lowest BCUT2D eigenvalue weighted by Crippen LogP contribution is -2.24. The number of hydrazone groups is 1. The highest BCUT2D eigenvalue weighted by molar-refractivity contribution is 5.85. The van der Waals surface area contributed by atoms with Gasteiger partial charge in [0.25, 0.3) is 5.91 Å². The first-order valence-corrected chi connectivity index (χ1v) is 7.61. The average molecular weight is 358 g/mol. The molecule has 2 aromatic carbocycles. The molecule has 2 aromatic rings. The van der Waals surface area contributed by atoms with E-state index in [1.165, 1.54) is 6.21 Å². The van der Waals surface area contributed by atoms with Crippen molar-refractivity contribution in [2.24, 2.45) is 5.10 Å². The number of hydrogen-bond acceptors (Lipinski definition) is 6. The van der Waals surface area contributed by atoms with Gasteiger partial charge >= 0.3 is 5.97 Å². The lowest BCUT2D eigenvalue weighted by atomic mass is 10.2. The van der Waals surface area contributed by atoms with E-state index in [9.17, 15) is 9.59 Å². The van der Waals surface area contributed by atoms with Crippen LogP contribution in [0.5, 0.6) is 17.2 Å². The molecular weight excluding hydrogens is 340 g/mol. The molecule has 8 heteroatoms. The van der Waals surface area contributed by atoms with Crippen LogP contribution in [0.25, 0.3) is 0 Å². The molecule has 0 aromatic heterocycles. The number of methoxy groups -OCH3 is 1. The summed E-state index contributed by atoms with van der Waals surface area (Å²) in [6, 6.07) is 13.6. The van der Waals surface area contributed by atoms with Gasteiger partial charge in [-0.3, -0.25) is 4.79 Å². The topological polar surface area (TPSA) is 106 Å². The molecule has 0 spiro atoms. The maximum absolute atomic E-state index is 11.7. The molecule has 0 bridgehead atoms. The zero-order valence-corrected chi connectivity index (χ0v) is 14.0. The normalized spacial score (nSPS) is 10.3. The highest BCUT2D eigenvalue weighted by Crippen LogP contribution is 2.17. The summed E-state index contributed by atoms with van der Waals surface area (Å²) in [7, 11) is 1.56. The first-order valence-electron chi connectivity index (χ1n) is 7.61. The van der Waals surface area contributed by atoms with Crippen LogP contribution in [-0.2, 0) is 9.59 Å². The Balaban J connectivity index is 1.83. The molecule has 0 radical (unpaired) electrons. The van der Waals surface area contributed by atoms with Crippen molar-refractivity contribution in [3.05, 3.63) is 54.1 Å². The Morgan fingerprint density at radius 1 is 1.04 bits per heavy atom. The van der Waals surface area contributed by atoms with Gasteiger partial charge in [-0.1, -0.05) is 12.1 Å². The third-order valence-electron chi connectivity index (χ3n) is 3.09. The summed E-state index contributed by atoms with van der Waals surface area (Å²) in [5.74, 6) is 0.0386. The Hall–Kier alpha value is -3.55. The standard InChI is InChI=1S/C18H18N2O6/c1-24-14-6-8-15(9-7-14)25-11-17(21)20-19-10-13-4-2-3-5-16(13)26-12-18(22)23/h2-10H,11-12H2,1H3,(H,20,21)(H,22,23)/b19-10-. The number of nitrogens with zero attached hydrogens (tertiary/aromatic N) is 1. The number of hydrogen-bond donors (Lipinski definition) is 2. The Morgan fingerprint density at radius 2 is 1.73 bits per heavy atom. The quantitative estimate of drug-likeness (QED) is 0.522. The number of para-hydroxylation sites is 1. The van der Waals surface area contributed by atoms with Gasteiger partial charge in [0.1, 0.15) is 17.2 Å². The number of aliphatic carboxylic acids is 1. The molecule has 0 fully saturated rings. The van der Waals surface area contributed by atoms with Gasteiger partial charge in [-0.2, -0.15) is 5.10 Å². The monoisotopic (exact) mass is 358 g/mol. The minimum atomic E-state index is -1.08. The van der Waals surface area contributed by atoms with Crippen LogP contribution < -0.4 is 19.6 Å². The van der Waals surface area contributed by atoms with Crippen LogP contribution in [0.3, 0.4) is 0 Å². The summed E-state index contributed by atoms with van der Waals surface area (Å²) in [4.78, 5) is 22.3. The molecule has 0 aliphatic rings. The van der Waals surface area contributed by atoms with Gasteiger partial charge < -0.3 is 19.3 Å². The molecule has 2 N–H and O–H groups in total. The predicted octanol–water partition coefficient (Wildman–Crippen LogP) is 1.69. The van der Waals surface area contributed by atoms with E-state index in [4.69, 9.17) is 19.3 Å². The second-order valence-electron chi connectivity index (χ2n) is 4.98. The highest BCUT2D eigenvalue weighted by atomic mass is 16.5. The van der Waals surface area contributed by atoms with Crippen LogP contribution in [0.1, 0.15) is 5.56 Å². The lowest BCUT2D eigenvalue weighted by Gasteiger charge is -2.07. The first kappa shape index (κ1) is 18.8. The van der Waals surface area contributed by atoms with Gasteiger partial charge in [0.2, 0.25) is 0 Å². The van der Waals surface area contributed by atoms with E-state index in [0.717, 1.165) is 0 Å².